The summed E-state index contributed by atoms with van der Waals surface area (Å²) in [5.74, 6) is -1.57. The lowest BCUT2D eigenvalue weighted by atomic mass is 10.0. The number of carbonyl (C=O) groups excluding carboxylic acids is 3. The second-order valence-electron chi connectivity index (χ2n) is 14.8. The standard InChI is InChI=1S/C44H84O8/c1-4-6-8-10-12-14-16-18-20-22-24-26-28-30-32-34-42(45)51-40-41(44(47)50-39-38-49-37-36-48-3)52-43(46)35-33-31-29-27-25-23-21-19-17-15-13-11-9-7-5-2/h41H,4-40H2,1-3H3. The van der Waals surface area contributed by atoms with Crippen molar-refractivity contribution in [2.24, 2.45) is 0 Å². The van der Waals surface area contributed by atoms with Crippen LogP contribution in [0.3, 0.4) is 0 Å². The van der Waals surface area contributed by atoms with Gasteiger partial charge < -0.3 is 23.7 Å². The van der Waals surface area contributed by atoms with Crippen molar-refractivity contribution >= 4 is 17.9 Å². The molecule has 308 valence electrons. The van der Waals surface area contributed by atoms with E-state index in [4.69, 9.17) is 23.7 Å². The molecule has 1 unspecified atom stereocenters. The van der Waals surface area contributed by atoms with E-state index in [-0.39, 0.29) is 32.2 Å². The molecule has 0 aliphatic heterocycles. The molecule has 0 bridgehead atoms. The van der Waals surface area contributed by atoms with E-state index in [9.17, 15) is 14.4 Å². The van der Waals surface area contributed by atoms with Crippen molar-refractivity contribution in [3.8, 4) is 0 Å². The molecule has 0 N–H and O–H groups in total. The Hall–Kier alpha value is -1.67. The van der Waals surface area contributed by atoms with Crippen LogP contribution in [0.25, 0.3) is 0 Å². The van der Waals surface area contributed by atoms with Crippen molar-refractivity contribution < 1.29 is 38.1 Å². The summed E-state index contributed by atoms with van der Waals surface area (Å²) in [7, 11) is 1.59. The lowest BCUT2D eigenvalue weighted by Crippen LogP contribution is -2.35. The van der Waals surface area contributed by atoms with Crippen LogP contribution in [0.2, 0.25) is 0 Å². The lowest BCUT2D eigenvalue weighted by molar-refractivity contribution is -0.175. The smallest absolute Gasteiger partial charge is 0.351 e. The fourth-order valence-electron chi connectivity index (χ4n) is 6.43. The summed E-state index contributed by atoms with van der Waals surface area (Å²) in [6.45, 7) is 5.26. The fourth-order valence-corrected chi connectivity index (χ4v) is 6.43. The average molecular weight is 741 g/mol. The van der Waals surface area contributed by atoms with Crippen LogP contribution < -0.4 is 0 Å². The number of ether oxygens (including phenoxy) is 5. The molecule has 0 aromatic heterocycles. The van der Waals surface area contributed by atoms with Crippen molar-refractivity contribution in [3.63, 3.8) is 0 Å². The first-order valence-electron chi connectivity index (χ1n) is 22.1. The van der Waals surface area contributed by atoms with Crippen LogP contribution >= 0.6 is 0 Å². The number of carbonyl (C=O) groups is 3. The van der Waals surface area contributed by atoms with Crippen LogP contribution in [0.5, 0.6) is 0 Å². The van der Waals surface area contributed by atoms with E-state index in [1.165, 1.54) is 154 Å². The Labute approximate surface area is 320 Å². The Balaban J connectivity index is 4.13. The van der Waals surface area contributed by atoms with Gasteiger partial charge in [0.2, 0.25) is 6.10 Å². The number of methoxy groups -OCH3 is 1. The summed E-state index contributed by atoms with van der Waals surface area (Å²) in [6.07, 6.45) is 36.9. The SMILES string of the molecule is CCCCCCCCCCCCCCCCCC(=O)OCC(OC(=O)CCCCCCCCCCCCCCCCC)C(=O)OCCOCCOC. The zero-order valence-electron chi connectivity index (χ0n) is 34.5. The molecular weight excluding hydrogens is 656 g/mol. The van der Waals surface area contributed by atoms with E-state index >= 15 is 0 Å². The maximum absolute atomic E-state index is 12.7. The molecule has 0 aromatic rings. The molecule has 0 aliphatic carbocycles. The maximum atomic E-state index is 12.7. The normalized spacial score (nSPS) is 11.8. The topological polar surface area (TPSA) is 97.4 Å². The quantitative estimate of drug-likeness (QED) is 0.0347. The van der Waals surface area contributed by atoms with Gasteiger partial charge in [0.05, 0.1) is 19.8 Å². The summed E-state index contributed by atoms with van der Waals surface area (Å²) in [5.41, 5.74) is 0. The van der Waals surface area contributed by atoms with Gasteiger partial charge in [0.1, 0.15) is 13.2 Å². The fraction of sp³-hybridized carbons (Fsp3) is 0.932. The van der Waals surface area contributed by atoms with Crippen LogP contribution in [0.15, 0.2) is 0 Å². The molecule has 0 saturated carbocycles. The molecule has 0 spiro atoms. The summed E-state index contributed by atoms with van der Waals surface area (Å²) in [4.78, 5) is 37.8. The van der Waals surface area contributed by atoms with Gasteiger partial charge in [0.15, 0.2) is 0 Å². The molecule has 1 atom stereocenters. The highest BCUT2D eigenvalue weighted by Gasteiger charge is 2.26. The molecule has 0 radical (unpaired) electrons. The largest absolute Gasteiger partial charge is 0.461 e. The second-order valence-corrected chi connectivity index (χ2v) is 14.8. The van der Waals surface area contributed by atoms with Crippen molar-refractivity contribution in [2.45, 2.75) is 225 Å². The second kappa shape index (κ2) is 42.1. The molecule has 0 amide bonds. The number of hydrogen-bond donors (Lipinski definition) is 0. The molecule has 0 aliphatic rings. The lowest BCUT2D eigenvalue weighted by Gasteiger charge is -2.17. The summed E-state index contributed by atoms with van der Waals surface area (Å²) >= 11 is 0. The highest BCUT2D eigenvalue weighted by molar-refractivity contribution is 5.80. The van der Waals surface area contributed by atoms with Gasteiger partial charge in [0, 0.05) is 20.0 Å². The van der Waals surface area contributed by atoms with Crippen LogP contribution in [0.1, 0.15) is 219 Å². The molecule has 52 heavy (non-hydrogen) atoms. The molecule has 0 aromatic carbocycles. The Morgan fingerprint density at radius 2 is 0.750 bits per heavy atom. The van der Waals surface area contributed by atoms with Gasteiger partial charge in [-0.05, 0) is 12.8 Å². The van der Waals surface area contributed by atoms with Gasteiger partial charge in [-0.1, -0.05) is 194 Å². The van der Waals surface area contributed by atoms with Gasteiger partial charge in [-0.25, -0.2) is 4.79 Å². The third kappa shape index (κ3) is 38.1. The Morgan fingerprint density at radius 3 is 1.13 bits per heavy atom. The predicted octanol–water partition coefficient (Wildman–Crippen LogP) is 12.2. The van der Waals surface area contributed by atoms with E-state index in [1.54, 1.807) is 7.11 Å². The molecule has 0 rings (SSSR count). The highest BCUT2D eigenvalue weighted by atomic mass is 16.6. The minimum atomic E-state index is -1.27. The first kappa shape index (κ1) is 50.3. The summed E-state index contributed by atoms with van der Waals surface area (Å²) in [6, 6.07) is 0. The number of unbranched alkanes of at least 4 members (excludes halogenated alkanes) is 28. The Morgan fingerprint density at radius 1 is 0.404 bits per heavy atom. The number of rotatable bonds is 42. The zero-order chi connectivity index (χ0) is 38.0. The van der Waals surface area contributed by atoms with Crippen LogP contribution in [0, 0.1) is 0 Å². The van der Waals surface area contributed by atoms with E-state index in [0.717, 1.165) is 32.1 Å². The minimum Gasteiger partial charge on any atom is -0.461 e. The molecule has 0 saturated heterocycles. The predicted molar refractivity (Wildman–Crippen MR) is 214 cm³/mol. The van der Waals surface area contributed by atoms with Crippen molar-refractivity contribution in [1.82, 2.24) is 0 Å². The minimum absolute atomic E-state index is 0.0166. The van der Waals surface area contributed by atoms with Gasteiger partial charge in [-0.15, -0.1) is 0 Å². The molecular formula is C44H84O8. The third-order valence-electron chi connectivity index (χ3n) is 9.80. The maximum Gasteiger partial charge on any atom is 0.351 e. The molecule has 0 fully saturated rings. The van der Waals surface area contributed by atoms with Crippen LogP contribution in [0.4, 0.5) is 0 Å². The molecule has 0 heterocycles. The van der Waals surface area contributed by atoms with Crippen molar-refractivity contribution in [1.29, 1.82) is 0 Å². The van der Waals surface area contributed by atoms with Gasteiger partial charge in [-0.2, -0.15) is 0 Å². The monoisotopic (exact) mass is 741 g/mol. The highest BCUT2D eigenvalue weighted by Crippen LogP contribution is 2.16. The van der Waals surface area contributed by atoms with Crippen molar-refractivity contribution in [2.75, 3.05) is 40.1 Å². The van der Waals surface area contributed by atoms with Crippen molar-refractivity contribution in [3.05, 3.63) is 0 Å². The number of hydrogen-bond acceptors (Lipinski definition) is 8. The number of esters is 3. The first-order valence-corrected chi connectivity index (χ1v) is 22.1. The van der Waals surface area contributed by atoms with Crippen LogP contribution in [-0.4, -0.2) is 64.2 Å². The average Bonchev–Trinajstić information content (AvgIpc) is 3.14. The van der Waals surface area contributed by atoms with Gasteiger partial charge in [-0.3, -0.25) is 9.59 Å². The van der Waals surface area contributed by atoms with E-state index < -0.39 is 18.0 Å². The third-order valence-corrected chi connectivity index (χ3v) is 9.80. The van der Waals surface area contributed by atoms with Gasteiger partial charge in [0.25, 0.3) is 0 Å². The molecule has 8 nitrogen and oxygen atoms in total. The van der Waals surface area contributed by atoms with E-state index in [2.05, 4.69) is 13.8 Å². The Kier molecular flexibility index (Phi) is 40.7. The first-order chi connectivity index (χ1) is 25.5. The zero-order valence-corrected chi connectivity index (χ0v) is 34.5. The van der Waals surface area contributed by atoms with Gasteiger partial charge >= 0.3 is 17.9 Å². The Bertz CT molecular complexity index is 773. The van der Waals surface area contributed by atoms with Crippen LogP contribution in [-0.2, 0) is 38.1 Å². The summed E-state index contributed by atoms with van der Waals surface area (Å²) in [5, 5.41) is 0. The van der Waals surface area contributed by atoms with E-state index in [0.29, 0.717) is 26.1 Å². The summed E-state index contributed by atoms with van der Waals surface area (Å²) < 4.78 is 26.4. The molecule has 8 heteroatoms. The van der Waals surface area contributed by atoms with E-state index in [1.807, 2.05) is 0 Å².